The molecule has 0 unspecified atom stereocenters. The number of carbonyl (C=O) groups excluding carboxylic acids is 1. The Morgan fingerprint density at radius 2 is 1.94 bits per heavy atom. The first kappa shape index (κ1) is 21.0. The van der Waals surface area contributed by atoms with E-state index in [1.165, 1.54) is 11.8 Å². The molecule has 1 aliphatic heterocycles. The number of thiophene rings is 2. The molecule has 1 atom stereocenters. The van der Waals surface area contributed by atoms with Crippen LogP contribution in [-0.2, 0) is 11.3 Å². The third kappa shape index (κ3) is 4.13. The molecule has 1 aliphatic rings. The largest absolute Gasteiger partial charge is 0.302 e. The normalized spacial score (nSPS) is 15.8. The van der Waals surface area contributed by atoms with Crippen LogP contribution in [0.2, 0.25) is 0 Å². The smallest absolute Gasteiger partial charge is 0.253 e. The minimum atomic E-state index is -0.0587. The van der Waals surface area contributed by atoms with Gasteiger partial charge < -0.3 is 4.57 Å². The van der Waals surface area contributed by atoms with E-state index in [-0.39, 0.29) is 17.7 Å². The highest BCUT2D eigenvalue weighted by molar-refractivity contribution is 7.99. The Balaban J connectivity index is 1.35. The quantitative estimate of drug-likeness (QED) is 0.350. The van der Waals surface area contributed by atoms with Gasteiger partial charge in [0.25, 0.3) is 5.91 Å². The van der Waals surface area contributed by atoms with Gasteiger partial charge in [-0.1, -0.05) is 23.9 Å². The molecule has 10 heteroatoms. The van der Waals surface area contributed by atoms with Gasteiger partial charge in [-0.25, -0.2) is 5.01 Å². The van der Waals surface area contributed by atoms with Crippen LogP contribution in [0.15, 0.2) is 69.8 Å². The van der Waals surface area contributed by atoms with Crippen molar-refractivity contribution >= 4 is 46.1 Å². The van der Waals surface area contributed by atoms with Gasteiger partial charge in [0.05, 0.1) is 22.4 Å². The number of pyridine rings is 1. The Labute approximate surface area is 197 Å². The van der Waals surface area contributed by atoms with Crippen LogP contribution in [0.5, 0.6) is 0 Å². The number of hydrogen-bond acceptors (Lipinski definition) is 8. The van der Waals surface area contributed by atoms with Crippen molar-refractivity contribution in [3.63, 3.8) is 0 Å². The Morgan fingerprint density at radius 1 is 1.12 bits per heavy atom. The van der Waals surface area contributed by atoms with Gasteiger partial charge in [-0.05, 0) is 41.9 Å². The van der Waals surface area contributed by atoms with E-state index >= 15 is 0 Å². The third-order valence-corrected chi connectivity index (χ3v) is 7.98. The molecule has 32 heavy (non-hydrogen) atoms. The summed E-state index contributed by atoms with van der Waals surface area (Å²) in [5.74, 6) is 0.994. The topological polar surface area (TPSA) is 76.3 Å². The lowest BCUT2D eigenvalue weighted by atomic mass is 10.1. The van der Waals surface area contributed by atoms with Crippen LogP contribution < -0.4 is 0 Å². The van der Waals surface area contributed by atoms with Crippen molar-refractivity contribution in [3.8, 4) is 11.4 Å². The van der Waals surface area contributed by atoms with E-state index in [0.717, 1.165) is 38.4 Å². The lowest BCUT2D eigenvalue weighted by Gasteiger charge is -2.20. The number of carbonyl (C=O) groups is 1. The van der Waals surface area contributed by atoms with Crippen LogP contribution >= 0.6 is 34.4 Å². The summed E-state index contributed by atoms with van der Waals surface area (Å²) in [7, 11) is 0. The first-order valence-electron chi connectivity index (χ1n) is 10.2. The number of thioether (sulfide) groups is 1. The van der Waals surface area contributed by atoms with Gasteiger partial charge in [-0.2, -0.15) is 5.10 Å². The van der Waals surface area contributed by atoms with Crippen LogP contribution in [-0.4, -0.2) is 42.1 Å². The second-order valence-electron chi connectivity index (χ2n) is 7.07. The van der Waals surface area contributed by atoms with E-state index in [4.69, 9.17) is 5.10 Å². The summed E-state index contributed by atoms with van der Waals surface area (Å²) in [5, 5.41) is 19.9. The van der Waals surface area contributed by atoms with E-state index in [1.54, 1.807) is 40.1 Å². The second-order valence-corrected chi connectivity index (χ2v) is 9.94. The standard InChI is InChI=1S/C22H20N6OS3/c1-2-27-21(15-7-9-23-10-8-15)24-25-22(27)32-14-20(29)28-17(19-6-4-12-31-19)13-16(26-28)18-5-3-11-30-18/h3-12,17H,2,13-14H2,1H3/t17-/m1/s1. The second kappa shape index (κ2) is 9.35. The van der Waals surface area contributed by atoms with Crippen molar-refractivity contribution in [2.24, 2.45) is 5.10 Å². The summed E-state index contributed by atoms with van der Waals surface area (Å²) < 4.78 is 2.02. The molecule has 5 rings (SSSR count). The average molecular weight is 481 g/mol. The fraction of sp³-hybridized carbons (Fsp3) is 0.227. The van der Waals surface area contributed by atoms with Crippen LogP contribution in [0.25, 0.3) is 11.4 Å². The third-order valence-electron chi connectivity index (χ3n) is 5.14. The zero-order valence-corrected chi connectivity index (χ0v) is 19.7. The van der Waals surface area contributed by atoms with Gasteiger partial charge in [-0.15, -0.1) is 32.9 Å². The molecule has 0 aromatic carbocycles. The summed E-state index contributed by atoms with van der Waals surface area (Å²) in [6.07, 6.45) is 4.21. The maximum atomic E-state index is 13.3. The highest BCUT2D eigenvalue weighted by Crippen LogP contribution is 2.36. The summed E-state index contributed by atoms with van der Waals surface area (Å²) in [4.78, 5) is 19.6. The lowest BCUT2D eigenvalue weighted by molar-refractivity contribution is -0.130. The number of amides is 1. The Bertz CT molecular complexity index is 1220. The molecule has 4 aromatic heterocycles. The van der Waals surface area contributed by atoms with Gasteiger partial charge in [-0.3, -0.25) is 9.78 Å². The van der Waals surface area contributed by atoms with Gasteiger partial charge in [0, 0.05) is 35.8 Å². The molecular formula is C22H20N6OS3. The molecule has 0 radical (unpaired) electrons. The molecular weight excluding hydrogens is 460 g/mol. The number of aromatic nitrogens is 4. The molecule has 5 heterocycles. The van der Waals surface area contributed by atoms with Crippen LogP contribution in [0.3, 0.4) is 0 Å². The number of rotatable bonds is 7. The van der Waals surface area contributed by atoms with Gasteiger partial charge >= 0.3 is 0 Å². The van der Waals surface area contributed by atoms with Gasteiger partial charge in [0.1, 0.15) is 0 Å². The molecule has 162 valence electrons. The number of nitrogens with zero attached hydrogens (tertiary/aromatic N) is 6. The zero-order valence-electron chi connectivity index (χ0n) is 17.3. The van der Waals surface area contributed by atoms with Crippen molar-refractivity contribution < 1.29 is 4.79 Å². The van der Waals surface area contributed by atoms with Crippen LogP contribution in [0.4, 0.5) is 0 Å². The van der Waals surface area contributed by atoms with Crippen molar-refractivity contribution in [2.45, 2.75) is 31.1 Å². The molecule has 0 N–H and O–H groups in total. The fourth-order valence-electron chi connectivity index (χ4n) is 3.62. The molecule has 0 aliphatic carbocycles. The van der Waals surface area contributed by atoms with E-state index in [1.807, 2.05) is 46.5 Å². The minimum Gasteiger partial charge on any atom is -0.302 e. The van der Waals surface area contributed by atoms with Crippen LogP contribution in [0.1, 0.15) is 29.1 Å². The number of hydrogen-bond donors (Lipinski definition) is 0. The van der Waals surface area contributed by atoms with E-state index < -0.39 is 0 Å². The summed E-state index contributed by atoms with van der Waals surface area (Å²) >= 11 is 4.71. The predicted molar refractivity (Wildman–Crippen MR) is 129 cm³/mol. The van der Waals surface area contributed by atoms with Crippen molar-refractivity contribution in [1.29, 1.82) is 0 Å². The van der Waals surface area contributed by atoms with E-state index in [0.29, 0.717) is 6.54 Å². The molecule has 1 amide bonds. The number of hydrazone groups is 1. The molecule has 0 spiro atoms. The van der Waals surface area contributed by atoms with E-state index in [9.17, 15) is 4.79 Å². The average Bonchev–Trinajstić information content (AvgIpc) is 3.63. The summed E-state index contributed by atoms with van der Waals surface area (Å²) in [6, 6.07) is 11.9. The Kier molecular flexibility index (Phi) is 6.15. The fourth-order valence-corrected chi connectivity index (χ4v) is 6.01. The molecule has 0 saturated heterocycles. The molecule has 0 bridgehead atoms. The summed E-state index contributed by atoms with van der Waals surface area (Å²) in [5.41, 5.74) is 1.92. The van der Waals surface area contributed by atoms with Gasteiger partial charge in [0.2, 0.25) is 0 Å². The monoisotopic (exact) mass is 480 g/mol. The highest BCUT2D eigenvalue weighted by atomic mass is 32.2. The molecule has 7 nitrogen and oxygen atoms in total. The first-order valence-corrected chi connectivity index (χ1v) is 12.9. The maximum Gasteiger partial charge on any atom is 0.253 e. The molecule has 0 saturated carbocycles. The molecule has 4 aromatic rings. The Hall–Kier alpha value is -2.82. The van der Waals surface area contributed by atoms with Gasteiger partial charge in [0.15, 0.2) is 11.0 Å². The van der Waals surface area contributed by atoms with E-state index in [2.05, 4.69) is 27.3 Å². The molecule has 0 fully saturated rings. The van der Waals surface area contributed by atoms with Crippen molar-refractivity contribution in [1.82, 2.24) is 24.8 Å². The Morgan fingerprint density at radius 3 is 2.66 bits per heavy atom. The zero-order chi connectivity index (χ0) is 21.9. The lowest BCUT2D eigenvalue weighted by Crippen LogP contribution is -2.28. The minimum absolute atomic E-state index is 0.0314. The first-order chi connectivity index (χ1) is 15.7. The van der Waals surface area contributed by atoms with Crippen LogP contribution in [0, 0.1) is 0 Å². The van der Waals surface area contributed by atoms with Crippen molar-refractivity contribution in [3.05, 3.63) is 69.3 Å². The summed E-state index contributed by atoms with van der Waals surface area (Å²) in [6.45, 7) is 2.76. The highest BCUT2D eigenvalue weighted by Gasteiger charge is 2.34. The maximum absolute atomic E-state index is 13.3. The SMILES string of the molecule is CCn1c(SCC(=O)N2N=C(c3cccs3)C[C@@H]2c2cccs2)nnc1-c1ccncc1. The predicted octanol–water partition coefficient (Wildman–Crippen LogP) is 4.95. The van der Waals surface area contributed by atoms with Crippen molar-refractivity contribution in [2.75, 3.05) is 5.75 Å².